The van der Waals surface area contributed by atoms with E-state index in [4.69, 9.17) is 16.3 Å². The van der Waals surface area contributed by atoms with Gasteiger partial charge in [0.2, 0.25) is 0 Å². The zero-order valence-corrected chi connectivity index (χ0v) is 15.4. The maximum absolute atomic E-state index is 12.4. The number of benzene rings is 2. The molecular formula is C19H17ClN2O2S. The van der Waals surface area contributed by atoms with Crippen molar-refractivity contribution >= 4 is 34.5 Å². The third-order valence-electron chi connectivity index (χ3n) is 3.66. The molecule has 0 bridgehead atoms. The van der Waals surface area contributed by atoms with Gasteiger partial charge in [-0.1, -0.05) is 17.7 Å². The Hall–Kier alpha value is -2.37. The summed E-state index contributed by atoms with van der Waals surface area (Å²) in [5, 5.41) is 6.42. The summed E-state index contributed by atoms with van der Waals surface area (Å²) in [6, 6.07) is 12.5. The molecule has 6 heteroatoms. The smallest absolute Gasteiger partial charge is 0.255 e. The van der Waals surface area contributed by atoms with Crippen LogP contribution in [0.5, 0.6) is 5.75 Å². The summed E-state index contributed by atoms with van der Waals surface area (Å²) in [6.07, 6.45) is 0. The van der Waals surface area contributed by atoms with Crippen molar-refractivity contribution in [1.82, 2.24) is 4.98 Å². The van der Waals surface area contributed by atoms with E-state index in [1.165, 1.54) is 0 Å². The number of aromatic nitrogens is 1. The number of carbonyl (C=O) groups is 1. The molecule has 0 fully saturated rings. The number of anilines is 1. The molecule has 4 nitrogen and oxygen atoms in total. The molecule has 0 unspecified atom stereocenters. The van der Waals surface area contributed by atoms with Crippen LogP contribution in [-0.4, -0.2) is 10.9 Å². The van der Waals surface area contributed by atoms with E-state index in [0.29, 0.717) is 28.6 Å². The lowest BCUT2D eigenvalue weighted by molar-refractivity contribution is 0.102. The van der Waals surface area contributed by atoms with Crippen LogP contribution >= 0.6 is 22.9 Å². The molecule has 3 rings (SSSR count). The highest BCUT2D eigenvalue weighted by Gasteiger charge is 2.09. The summed E-state index contributed by atoms with van der Waals surface area (Å²) >= 11 is 7.65. The maximum Gasteiger partial charge on any atom is 0.255 e. The Labute approximate surface area is 155 Å². The second-order valence-electron chi connectivity index (χ2n) is 5.56. The molecule has 0 aliphatic rings. The van der Waals surface area contributed by atoms with E-state index < -0.39 is 0 Å². The number of halogens is 1. The molecule has 1 aromatic heterocycles. The van der Waals surface area contributed by atoms with Gasteiger partial charge in [0.1, 0.15) is 17.4 Å². The average molecular weight is 373 g/mol. The highest BCUT2D eigenvalue weighted by Crippen LogP contribution is 2.24. The van der Waals surface area contributed by atoms with Gasteiger partial charge in [-0.05, 0) is 55.8 Å². The van der Waals surface area contributed by atoms with Gasteiger partial charge in [-0.2, -0.15) is 0 Å². The predicted molar refractivity (Wildman–Crippen MR) is 102 cm³/mol. The van der Waals surface area contributed by atoms with E-state index in [0.717, 1.165) is 16.3 Å². The minimum Gasteiger partial charge on any atom is -0.486 e. The number of ether oxygens (including phenoxy) is 1. The van der Waals surface area contributed by atoms with Crippen molar-refractivity contribution < 1.29 is 9.53 Å². The number of aryl methyl sites for hydroxylation is 1. The molecular weight excluding hydrogens is 356 g/mol. The monoisotopic (exact) mass is 372 g/mol. The first-order chi connectivity index (χ1) is 12.0. The topological polar surface area (TPSA) is 51.2 Å². The van der Waals surface area contributed by atoms with Crippen molar-refractivity contribution in [3.05, 3.63) is 74.7 Å². The van der Waals surface area contributed by atoms with Crippen molar-refractivity contribution in [2.45, 2.75) is 20.5 Å². The predicted octanol–water partition coefficient (Wildman–Crippen LogP) is 5.24. The van der Waals surface area contributed by atoms with Gasteiger partial charge < -0.3 is 10.1 Å². The zero-order chi connectivity index (χ0) is 17.8. The molecule has 128 valence electrons. The summed E-state index contributed by atoms with van der Waals surface area (Å²) in [6.45, 7) is 4.25. The largest absolute Gasteiger partial charge is 0.486 e. The Bertz CT molecular complexity index is 891. The van der Waals surface area contributed by atoms with E-state index in [9.17, 15) is 4.79 Å². The minimum atomic E-state index is -0.188. The fraction of sp³-hybridized carbons (Fsp3) is 0.158. The van der Waals surface area contributed by atoms with E-state index >= 15 is 0 Å². The molecule has 25 heavy (non-hydrogen) atoms. The van der Waals surface area contributed by atoms with Crippen molar-refractivity contribution in [2.24, 2.45) is 0 Å². The second kappa shape index (κ2) is 7.68. The summed E-state index contributed by atoms with van der Waals surface area (Å²) in [4.78, 5) is 16.7. The number of amides is 1. The fourth-order valence-corrected chi connectivity index (χ4v) is 3.11. The lowest BCUT2D eigenvalue weighted by atomic mass is 10.1. The van der Waals surface area contributed by atoms with Crippen LogP contribution in [0.1, 0.15) is 26.6 Å². The van der Waals surface area contributed by atoms with E-state index in [2.05, 4.69) is 10.3 Å². The molecule has 0 saturated carbocycles. The Morgan fingerprint density at radius 1 is 1.20 bits per heavy atom. The number of carbonyl (C=O) groups excluding carboxylic acids is 1. The summed E-state index contributed by atoms with van der Waals surface area (Å²) < 4.78 is 5.69. The molecule has 0 spiro atoms. The van der Waals surface area contributed by atoms with E-state index in [1.54, 1.807) is 41.7 Å². The Morgan fingerprint density at radius 3 is 2.64 bits per heavy atom. The van der Waals surface area contributed by atoms with E-state index in [-0.39, 0.29) is 5.91 Å². The molecule has 1 amide bonds. The number of thiazole rings is 1. The third-order valence-corrected chi connectivity index (χ3v) is 5.01. The van der Waals surface area contributed by atoms with Crippen LogP contribution in [0, 0.1) is 13.8 Å². The van der Waals surface area contributed by atoms with Crippen molar-refractivity contribution in [3.8, 4) is 5.75 Å². The molecule has 0 saturated heterocycles. The van der Waals surface area contributed by atoms with Crippen molar-refractivity contribution in [2.75, 3.05) is 5.32 Å². The molecule has 3 aromatic rings. The highest BCUT2D eigenvalue weighted by molar-refractivity contribution is 7.09. The van der Waals surface area contributed by atoms with E-state index in [1.807, 2.05) is 31.4 Å². The Kier molecular flexibility index (Phi) is 5.36. The number of rotatable bonds is 5. The van der Waals surface area contributed by atoms with Gasteiger partial charge in [0.05, 0.1) is 0 Å². The Morgan fingerprint density at radius 2 is 1.96 bits per heavy atom. The standard InChI is InChI=1S/C19H17ClN2O2S/c1-12-11-25-18(21-12)10-24-15-8-6-14(7-9-15)19(23)22-17-5-3-4-16(20)13(17)2/h3-9,11H,10H2,1-2H3,(H,22,23). The molecule has 0 aliphatic carbocycles. The number of hydrogen-bond donors (Lipinski definition) is 1. The van der Waals surface area contributed by atoms with Gasteiger partial charge in [0.15, 0.2) is 0 Å². The molecule has 1 heterocycles. The van der Waals surface area contributed by atoms with Gasteiger partial charge in [-0.15, -0.1) is 11.3 Å². The second-order valence-corrected chi connectivity index (χ2v) is 6.91. The molecule has 0 radical (unpaired) electrons. The van der Waals surface area contributed by atoms with Gasteiger partial charge >= 0.3 is 0 Å². The highest BCUT2D eigenvalue weighted by atomic mass is 35.5. The van der Waals surface area contributed by atoms with Gasteiger partial charge in [0.25, 0.3) is 5.91 Å². The maximum atomic E-state index is 12.4. The van der Waals surface area contributed by atoms with Crippen LogP contribution in [0.4, 0.5) is 5.69 Å². The lowest BCUT2D eigenvalue weighted by Gasteiger charge is -2.10. The minimum absolute atomic E-state index is 0.188. The van der Waals surface area contributed by atoms with Crippen LogP contribution in [0.25, 0.3) is 0 Å². The van der Waals surface area contributed by atoms with Crippen molar-refractivity contribution in [1.29, 1.82) is 0 Å². The molecule has 1 N–H and O–H groups in total. The summed E-state index contributed by atoms with van der Waals surface area (Å²) in [7, 11) is 0. The number of nitrogens with one attached hydrogen (secondary N) is 1. The average Bonchev–Trinajstić information content (AvgIpc) is 3.03. The number of hydrogen-bond acceptors (Lipinski definition) is 4. The number of nitrogens with zero attached hydrogens (tertiary/aromatic N) is 1. The van der Waals surface area contributed by atoms with Gasteiger partial charge in [-0.3, -0.25) is 4.79 Å². The quantitative estimate of drug-likeness (QED) is 0.665. The van der Waals surface area contributed by atoms with Crippen LogP contribution in [-0.2, 0) is 6.61 Å². The molecule has 0 aliphatic heterocycles. The normalized spacial score (nSPS) is 10.5. The lowest BCUT2D eigenvalue weighted by Crippen LogP contribution is -2.12. The summed E-state index contributed by atoms with van der Waals surface area (Å²) in [5.74, 6) is 0.510. The Balaban J connectivity index is 1.63. The van der Waals surface area contributed by atoms with Gasteiger partial charge in [0, 0.05) is 27.3 Å². The molecule has 2 aromatic carbocycles. The van der Waals surface area contributed by atoms with Crippen LogP contribution in [0.3, 0.4) is 0 Å². The van der Waals surface area contributed by atoms with Crippen LogP contribution < -0.4 is 10.1 Å². The van der Waals surface area contributed by atoms with Crippen LogP contribution in [0.15, 0.2) is 47.8 Å². The first-order valence-electron chi connectivity index (χ1n) is 7.73. The zero-order valence-electron chi connectivity index (χ0n) is 13.9. The third kappa shape index (κ3) is 4.38. The first kappa shape index (κ1) is 17.5. The van der Waals surface area contributed by atoms with Crippen LogP contribution in [0.2, 0.25) is 5.02 Å². The summed E-state index contributed by atoms with van der Waals surface area (Å²) in [5.41, 5.74) is 3.09. The SMILES string of the molecule is Cc1csc(COc2ccc(C(=O)Nc3cccc(Cl)c3C)cc2)n1. The fourth-order valence-electron chi connectivity index (χ4n) is 2.25. The van der Waals surface area contributed by atoms with Crippen molar-refractivity contribution in [3.63, 3.8) is 0 Å². The first-order valence-corrected chi connectivity index (χ1v) is 8.99. The molecule has 0 atom stereocenters. The van der Waals surface area contributed by atoms with Gasteiger partial charge in [-0.25, -0.2) is 4.98 Å².